The largest absolute Gasteiger partial charge is 0.327 e. The van der Waals surface area contributed by atoms with Gasteiger partial charge in [-0.05, 0) is 38.0 Å². The smallest absolute Gasteiger partial charge is 0.0180 e. The SMILES string of the molecule is CCC(CSC)N(C)CC1(C)CCCC1N. The van der Waals surface area contributed by atoms with Crippen molar-refractivity contribution < 1.29 is 0 Å². The first-order valence-electron chi connectivity index (χ1n) is 6.48. The molecule has 96 valence electrons. The molecule has 1 aliphatic rings. The van der Waals surface area contributed by atoms with E-state index in [2.05, 4.69) is 32.1 Å². The molecule has 1 rings (SSSR count). The molecule has 0 bridgehead atoms. The van der Waals surface area contributed by atoms with Crippen LogP contribution in [0.15, 0.2) is 0 Å². The molecule has 1 aliphatic carbocycles. The van der Waals surface area contributed by atoms with Crippen LogP contribution in [-0.2, 0) is 0 Å². The van der Waals surface area contributed by atoms with Crippen molar-refractivity contribution in [2.24, 2.45) is 11.1 Å². The van der Waals surface area contributed by atoms with Gasteiger partial charge in [0.05, 0.1) is 0 Å². The van der Waals surface area contributed by atoms with Crippen LogP contribution in [0, 0.1) is 5.41 Å². The lowest BCUT2D eigenvalue weighted by Gasteiger charge is -2.37. The van der Waals surface area contributed by atoms with E-state index in [1.54, 1.807) is 0 Å². The molecule has 3 atom stereocenters. The van der Waals surface area contributed by atoms with E-state index >= 15 is 0 Å². The van der Waals surface area contributed by atoms with Gasteiger partial charge in [-0.3, -0.25) is 0 Å². The lowest BCUT2D eigenvalue weighted by atomic mass is 9.84. The summed E-state index contributed by atoms with van der Waals surface area (Å²) < 4.78 is 0. The van der Waals surface area contributed by atoms with Crippen LogP contribution in [-0.4, -0.2) is 42.6 Å². The third kappa shape index (κ3) is 3.38. The maximum absolute atomic E-state index is 6.25. The summed E-state index contributed by atoms with van der Waals surface area (Å²) in [6, 6.07) is 1.11. The van der Waals surface area contributed by atoms with Crippen molar-refractivity contribution in [2.75, 3.05) is 25.6 Å². The van der Waals surface area contributed by atoms with E-state index in [1.165, 1.54) is 31.4 Å². The Bertz CT molecular complexity index is 210. The maximum atomic E-state index is 6.25. The molecule has 0 radical (unpaired) electrons. The molecule has 1 fully saturated rings. The lowest BCUT2D eigenvalue weighted by molar-refractivity contribution is 0.145. The van der Waals surface area contributed by atoms with Crippen molar-refractivity contribution in [3.8, 4) is 0 Å². The van der Waals surface area contributed by atoms with Gasteiger partial charge in [-0.25, -0.2) is 0 Å². The first-order chi connectivity index (χ1) is 7.53. The summed E-state index contributed by atoms with van der Waals surface area (Å²) in [5.41, 5.74) is 6.59. The Balaban J connectivity index is 2.51. The third-order valence-electron chi connectivity index (χ3n) is 4.22. The highest BCUT2D eigenvalue weighted by Gasteiger charge is 2.37. The fourth-order valence-corrected chi connectivity index (χ4v) is 3.78. The van der Waals surface area contributed by atoms with Crippen LogP contribution in [0.5, 0.6) is 0 Å². The minimum atomic E-state index is 0.348. The van der Waals surface area contributed by atoms with E-state index in [9.17, 15) is 0 Å². The van der Waals surface area contributed by atoms with Gasteiger partial charge in [0.15, 0.2) is 0 Å². The molecule has 0 amide bonds. The molecule has 2 N–H and O–H groups in total. The van der Waals surface area contributed by atoms with Crippen LogP contribution < -0.4 is 5.73 Å². The van der Waals surface area contributed by atoms with Gasteiger partial charge < -0.3 is 10.6 Å². The van der Waals surface area contributed by atoms with Crippen LogP contribution >= 0.6 is 11.8 Å². The molecule has 0 aromatic heterocycles. The third-order valence-corrected chi connectivity index (χ3v) is 4.94. The predicted octanol–water partition coefficient (Wildman–Crippen LogP) is 2.58. The highest BCUT2D eigenvalue weighted by atomic mass is 32.2. The molecule has 0 spiro atoms. The molecule has 1 saturated carbocycles. The second-order valence-electron chi connectivity index (χ2n) is 5.59. The fraction of sp³-hybridized carbons (Fsp3) is 1.00. The van der Waals surface area contributed by atoms with Gasteiger partial charge in [-0.15, -0.1) is 0 Å². The summed E-state index contributed by atoms with van der Waals surface area (Å²) in [5, 5.41) is 0. The minimum Gasteiger partial charge on any atom is -0.327 e. The quantitative estimate of drug-likeness (QED) is 0.779. The van der Waals surface area contributed by atoms with Gasteiger partial charge in [0.25, 0.3) is 0 Å². The zero-order valence-electron chi connectivity index (χ0n) is 11.3. The Morgan fingerprint density at radius 1 is 1.56 bits per heavy atom. The number of hydrogen-bond donors (Lipinski definition) is 1. The molecule has 0 aromatic rings. The maximum Gasteiger partial charge on any atom is 0.0180 e. The Kier molecular flexibility index (Phi) is 5.62. The van der Waals surface area contributed by atoms with E-state index in [4.69, 9.17) is 5.73 Å². The van der Waals surface area contributed by atoms with Gasteiger partial charge in [0.1, 0.15) is 0 Å². The molecule has 3 unspecified atom stereocenters. The Hall–Kier alpha value is 0.270. The molecule has 0 saturated heterocycles. The molecular formula is C13H28N2S. The summed E-state index contributed by atoms with van der Waals surface area (Å²) in [6.45, 7) is 5.81. The highest BCUT2D eigenvalue weighted by Crippen LogP contribution is 2.37. The van der Waals surface area contributed by atoms with Gasteiger partial charge in [-0.2, -0.15) is 11.8 Å². The number of rotatable bonds is 6. The molecule has 3 heteroatoms. The average molecular weight is 244 g/mol. The molecular weight excluding hydrogens is 216 g/mol. The van der Waals surface area contributed by atoms with Crippen molar-refractivity contribution in [3.05, 3.63) is 0 Å². The van der Waals surface area contributed by atoms with E-state index in [0.29, 0.717) is 17.5 Å². The van der Waals surface area contributed by atoms with Crippen molar-refractivity contribution in [2.45, 2.75) is 51.6 Å². The second-order valence-corrected chi connectivity index (χ2v) is 6.50. The summed E-state index contributed by atoms with van der Waals surface area (Å²) in [7, 11) is 2.26. The van der Waals surface area contributed by atoms with Crippen LogP contribution in [0.25, 0.3) is 0 Å². The molecule has 0 heterocycles. The van der Waals surface area contributed by atoms with Crippen molar-refractivity contribution in [1.82, 2.24) is 4.90 Å². The van der Waals surface area contributed by atoms with E-state index in [-0.39, 0.29) is 0 Å². The number of hydrogen-bond acceptors (Lipinski definition) is 3. The summed E-state index contributed by atoms with van der Waals surface area (Å²) in [6.07, 6.45) is 7.25. The first-order valence-corrected chi connectivity index (χ1v) is 7.87. The number of thioether (sulfide) groups is 1. The predicted molar refractivity (Wildman–Crippen MR) is 75.0 cm³/mol. The Labute approximate surface area is 105 Å². The topological polar surface area (TPSA) is 29.3 Å². The van der Waals surface area contributed by atoms with Crippen LogP contribution in [0.4, 0.5) is 0 Å². The molecule has 2 nitrogen and oxygen atoms in total. The lowest BCUT2D eigenvalue weighted by Crippen LogP contribution is -2.46. The zero-order valence-corrected chi connectivity index (χ0v) is 12.1. The Morgan fingerprint density at radius 2 is 2.25 bits per heavy atom. The van der Waals surface area contributed by atoms with Gasteiger partial charge in [-0.1, -0.05) is 20.3 Å². The zero-order chi connectivity index (χ0) is 12.2. The van der Waals surface area contributed by atoms with Gasteiger partial charge in [0, 0.05) is 24.4 Å². The summed E-state index contributed by atoms with van der Waals surface area (Å²) in [4.78, 5) is 2.53. The minimum absolute atomic E-state index is 0.348. The van der Waals surface area contributed by atoms with E-state index in [1.807, 2.05) is 11.8 Å². The molecule has 16 heavy (non-hydrogen) atoms. The number of nitrogens with zero attached hydrogens (tertiary/aromatic N) is 1. The van der Waals surface area contributed by atoms with Gasteiger partial charge in [0.2, 0.25) is 0 Å². The monoisotopic (exact) mass is 244 g/mol. The van der Waals surface area contributed by atoms with E-state index in [0.717, 1.165) is 6.54 Å². The van der Waals surface area contributed by atoms with Crippen molar-refractivity contribution in [1.29, 1.82) is 0 Å². The first kappa shape index (κ1) is 14.3. The summed E-state index contributed by atoms with van der Waals surface area (Å²) in [5.74, 6) is 1.23. The van der Waals surface area contributed by atoms with Crippen molar-refractivity contribution >= 4 is 11.8 Å². The van der Waals surface area contributed by atoms with Crippen LogP contribution in [0.1, 0.15) is 39.5 Å². The standard InChI is InChI=1S/C13H28N2S/c1-5-11(9-16-4)15(3)10-13(2)8-6-7-12(13)14/h11-12H,5-10,14H2,1-4H3. The molecule has 0 aliphatic heterocycles. The fourth-order valence-electron chi connectivity index (χ4n) is 2.90. The Morgan fingerprint density at radius 3 is 2.69 bits per heavy atom. The normalized spacial score (nSPS) is 32.2. The highest BCUT2D eigenvalue weighted by molar-refractivity contribution is 7.98. The van der Waals surface area contributed by atoms with Crippen LogP contribution in [0.3, 0.4) is 0 Å². The average Bonchev–Trinajstić information content (AvgIpc) is 2.55. The van der Waals surface area contributed by atoms with Crippen LogP contribution in [0.2, 0.25) is 0 Å². The van der Waals surface area contributed by atoms with E-state index < -0.39 is 0 Å². The summed E-state index contributed by atoms with van der Waals surface area (Å²) >= 11 is 1.95. The number of nitrogens with two attached hydrogens (primary N) is 1. The van der Waals surface area contributed by atoms with Crippen molar-refractivity contribution in [3.63, 3.8) is 0 Å². The van der Waals surface area contributed by atoms with Gasteiger partial charge >= 0.3 is 0 Å². The molecule has 0 aromatic carbocycles. The second kappa shape index (κ2) is 6.27.